The second-order valence-electron chi connectivity index (χ2n) is 4.45. The lowest BCUT2D eigenvalue weighted by Crippen LogP contribution is -2.54. The van der Waals surface area contributed by atoms with Crippen molar-refractivity contribution in [2.24, 2.45) is 0 Å². The quantitative estimate of drug-likeness (QED) is 0.522. The number of carbonyl (C=O) groups is 3. The topological polar surface area (TPSA) is 125 Å². The molecule has 1 heterocycles. The molecule has 0 aliphatic carbocycles. The molecule has 1 aliphatic rings. The van der Waals surface area contributed by atoms with Gasteiger partial charge in [-0.3, -0.25) is 4.79 Å². The van der Waals surface area contributed by atoms with E-state index in [1.165, 1.54) is 0 Å². The predicted molar refractivity (Wildman–Crippen MR) is 59.2 cm³/mol. The highest BCUT2D eigenvalue weighted by molar-refractivity contribution is 5.86. The summed E-state index contributed by atoms with van der Waals surface area (Å²) in [5, 5.41) is 22.0. The van der Waals surface area contributed by atoms with Crippen LogP contribution in [0.1, 0.15) is 19.8 Å². The summed E-state index contributed by atoms with van der Waals surface area (Å²) >= 11 is 0. The van der Waals surface area contributed by atoms with E-state index >= 15 is 0 Å². The zero-order chi connectivity index (χ0) is 13.8. The summed E-state index contributed by atoms with van der Waals surface area (Å²) in [6.07, 6.45) is -0.0486. The molecule has 0 aromatic carbocycles. The number of nitrogens with one attached hydrogen (secondary N) is 2. The molecule has 1 fully saturated rings. The van der Waals surface area contributed by atoms with E-state index in [1.807, 2.05) is 0 Å². The maximum Gasteiger partial charge on any atom is 0.326 e. The van der Waals surface area contributed by atoms with Gasteiger partial charge in [0.2, 0.25) is 0 Å². The van der Waals surface area contributed by atoms with Gasteiger partial charge in [-0.25, -0.2) is 9.59 Å². The van der Waals surface area contributed by atoms with Crippen LogP contribution in [-0.4, -0.2) is 53.0 Å². The SMILES string of the molecule is CC1(NC(=O)N[C@H](CC(=O)O)C(=O)O)CCOC1. The first-order valence-corrected chi connectivity index (χ1v) is 5.43. The lowest BCUT2D eigenvalue weighted by atomic mass is 10.0. The number of hydrogen-bond acceptors (Lipinski definition) is 4. The van der Waals surface area contributed by atoms with Crippen molar-refractivity contribution in [2.45, 2.75) is 31.3 Å². The summed E-state index contributed by atoms with van der Waals surface area (Å²) < 4.78 is 5.13. The van der Waals surface area contributed by atoms with Crippen LogP contribution in [0.5, 0.6) is 0 Å². The summed E-state index contributed by atoms with van der Waals surface area (Å²) in [5.41, 5.74) is -0.545. The van der Waals surface area contributed by atoms with Crippen LogP contribution in [0.4, 0.5) is 4.79 Å². The van der Waals surface area contributed by atoms with Crippen LogP contribution in [0, 0.1) is 0 Å². The second kappa shape index (κ2) is 5.67. The third-order valence-corrected chi connectivity index (χ3v) is 2.62. The van der Waals surface area contributed by atoms with Crippen molar-refractivity contribution in [3.05, 3.63) is 0 Å². The average molecular weight is 260 g/mol. The zero-order valence-electron chi connectivity index (χ0n) is 9.93. The second-order valence-corrected chi connectivity index (χ2v) is 4.45. The largest absolute Gasteiger partial charge is 0.481 e. The van der Waals surface area contributed by atoms with Crippen LogP contribution in [-0.2, 0) is 14.3 Å². The molecule has 18 heavy (non-hydrogen) atoms. The molecule has 102 valence electrons. The summed E-state index contributed by atoms with van der Waals surface area (Å²) in [6, 6.07) is -2.16. The van der Waals surface area contributed by atoms with Crippen molar-refractivity contribution in [1.82, 2.24) is 10.6 Å². The molecule has 0 radical (unpaired) electrons. The first-order chi connectivity index (χ1) is 8.32. The van der Waals surface area contributed by atoms with Gasteiger partial charge in [0.1, 0.15) is 6.04 Å². The molecule has 1 saturated heterocycles. The van der Waals surface area contributed by atoms with Gasteiger partial charge in [-0.1, -0.05) is 0 Å². The van der Waals surface area contributed by atoms with Gasteiger partial charge in [0.05, 0.1) is 18.6 Å². The number of hydrogen-bond donors (Lipinski definition) is 4. The Kier molecular flexibility index (Phi) is 4.49. The van der Waals surface area contributed by atoms with Gasteiger partial charge in [-0.2, -0.15) is 0 Å². The molecule has 1 rings (SSSR count). The Morgan fingerprint density at radius 3 is 2.50 bits per heavy atom. The standard InChI is InChI=1S/C10H16N2O6/c1-10(2-3-18-5-10)12-9(17)11-6(8(15)16)4-7(13)14/h6H,2-5H2,1H3,(H,13,14)(H,15,16)(H2,11,12,17)/t6-,10?/m1/s1. The van der Waals surface area contributed by atoms with Gasteiger partial charge in [-0.05, 0) is 13.3 Å². The van der Waals surface area contributed by atoms with Gasteiger partial charge in [0.25, 0.3) is 0 Å². The molecule has 2 atom stereocenters. The molecule has 1 aliphatic heterocycles. The Balaban J connectivity index is 2.50. The molecular formula is C10H16N2O6. The molecule has 1 unspecified atom stereocenters. The molecule has 8 nitrogen and oxygen atoms in total. The number of rotatable bonds is 5. The van der Waals surface area contributed by atoms with Crippen LogP contribution >= 0.6 is 0 Å². The molecule has 0 aromatic heterocycles. The van der Waals surface area contributed by atoms with E-state index < -0.39 is 36.0 Å². The highest BCUT2D eigenvalue weighted by Gasteiger charge is 2.32. The molecule has 4 N–H and O–H groups in total. The van der Waals surface area contributed by atoms with Gasteiger partial charge < -0.3 is 25.6 Å². The van der Waals surface area contributed by atoms with E-state index in [9.17, 15) is 14.4 Å². The van der Waals surface area contributed by atoms with Crippen LogP contribution in [0.15, 0.2) is 0 Å². The zero-order valence-corrected chi connectivity index (χ0v) is 9.93. The third-order valence-electron chi connectivity index (χ3n) is 2.62. The number of carbonyl (C=O) groups excluding carboxylic acids is 1. The number of ether oxygens (including phenoxy) is 1. The Hall–Kier alpha value is -1.83. The average Bonchev–Trinajstić information content (AvgIpc) is 2.62. The van der Waals surface area contributed by atoms with Crippen LogP contribution < -0.4 is 10.6 Å². The molecule has 0 aromatic rings. The minimum atomic E-state index is -1.45. The molecule has 0 bridgehead atoms. The Morgan fingerprint density at radius 2 is 2.06 bits per heavy atom. The Morgan fingerprint density at radius 1 is 1.39 bits per heavy atom. The minimum Gasteiger partial charge on any atom is -0.481 e. The van der Waals surface area contributed by atoms with Crippen molar-refractivity contribution in [3.8, 4) is 0 Å². The summed E-state index contributed by atoms with van der Waals surface area (Å²) in [5.74, 6) is -2.68. The Bertz CT molecular complexity index is 350. The lowest BCUT2D eigenvalue weighted by molar-refractivity contribution is -0.145. The van der Waals surface area contributed by atoms with E-state index in [1.54, 1.807) is 6.92 Å². The van der Waals surface area contributed by atoms with Crippen molar-refractivity contribution < 1.29 is 29.3 Å². The number of carboxylic acid groups (broad SMARTS) is 2. The molecule has 0 spiro atoms. The van der Waals surface area contributed by atoms with Crippen LogP contribution in [0.25, 0.3) is 0 Å². The van der Waals surface area contributed by atoms with Crippen molar-refractivity contribution >= 4 is 18.0 Å². The fraction of sp³-hybridized carbons (Fsp3) is 0.700. The molecule has 2 amide bonds. The fourth-order valence-corrected chi connectivity index (χ4v) is 1.61. The maximum absolute atomic E-state index is 11.6. The summed E-state index contributed by atoms with van der Waals surface area (Å²) in [7, 11) is 0. The van der Waals surface area contributed by atoms with E-state index in [4.69, 9.17) is 14.9 Å². The smallest absolute Gasteiger partial charge is 0.326 e. The summed E-state index contributed by atoms with van der Waals surface area (Å²) in [6.45, 7) is 2.64. The van der Waals surface area contributed by atoms with Crippen LogP contribution in [0.3, 0.4) is 0 Å². The fourth-order valence-electron chi connectivity index (χ4n) is 1.61. The van der Waals surface area contributed by atoms with Gasteiger partial charge >= 0.3 is 18.0 Å². The Labute approximate surface area is 103 Å². The third kappa shape index (κ3) is 4.21. The van der Waals surface area contributed by atoms with Crippen LogP contribution in [0.2, 0.25) is 0 Å². The van der Waals surface area contributed by atoms with E-state index in [0.717, 1.165) is 0 Å². The number of aliphatic carboxylic acids is 2. The van der Waals surface area contributed by atoms with Crippen molar-refractivity contribution in [3.63, 3.8) is 0 Å². The van der Waals surface area contributed by atoms with Gasteiger partial charge in [0.15, 0.2) is 0 Å². The summed E-state index contributed by atoms with van der Waals surface area (Å²) in [4.78, 5) is 32.8. The maximum atomic E-state index is 11.6. The first kappa shape index (κ1) is 14.2. The van der Waals surface area contributed by atoms with Gasteiger partial charge in [0, 0.05) is 6.61 Å². The molecule has 0 saturated carbocycles. The van der Waals surface area contributed by atoms with E-state index in [2.05, 4.69) is 10.6 Å². The number of amides is 2. The van der Waals surface area contributed by atoms with Crippen molar-refractivity contribution in [1.29, 1.82) is 0 Å². The number of carboxylic acids is 2. The lowest BCUT2D eigenvalue weighted by Gasteiger charge is -2.24. The van der Waals surface area contributed by atoms with Gasteiger partial charge in [-0.15, -0.1) is 0 Å². The highest BCUT2D eigenvalue weighted by Crippen LogP contribution is 2.17. The highest BCUT2D eigenvalue weighted by atomic mass is 16.5. The van der Waals surface area contributed by atoms with E-state index in [0.29, 0.717) is 19.6 Å². The van der Waals surface area contributed by atoms with Crippen molar-refractivity contribution in [2.75, 3.05) is 13.2 Å². The first-order valence-electron chi connectivity index (χ1n) is 5.43. The molecule has 8 heteroatoms. The monoisotopic (exact) mass is 260 g/mol. The van der Waals surface area contributed by atoms with E-state index in [-0.39, 0.29) is 0 Å². The minimum absolute atomic E-state index is 0.344. The molecular weight excluding hydrogens is 244 g/mol. The normalized spacial score (nSPS) is 24.3. The predicted octanol–water partition coefficient (Wildman–Crippen LogP) is -0.607. The number of urea groups is 1.